The fraction of sp³-hybridized carbons (Fsp3) is 0. The molecule has 0 aliphatic rings. The second kappa shape index (κ2) is 2.16. The number of hydrogen-bond donors (Lipinski definition) is 3. The van der Waals surface area contributed by atoms with Gasteiger partial charge in [0.05, 0.1) is 5.69 Å². The summed E-state index contributed by atoms with van der Waals surface area (Å²) in [6, 6.07) is 1.08. The average molecular weight is 183 g/mol. The molecule has 1 aromatic carbocycles. The molecule has 7 nitrogen and oxygen atoms in total. The molecule has 13 heavy (non-hydrogen) atoms. The number of nitrogens with two attached hydrogens (primary N) is 1. The molecule has 68 valence electrons. The highest BCUT2D eigenvalue weighted by molar-refractivity contribution is 5.90. The highest BCUT2D eigenvalue weighted by Crippen LogP contribution is 2.34. The number of aromatic nitrogens is 2. The summed E-state index contributed by atoms with van der Waals surface area (Å²) < 4.78 is 4.19. The predicted octanol–water partition coefficient (Wildman–Crippen LogP) is -0.545. The Bertz CT molecular complexity index is 478. The molecule has 0 atom stereocenters. The molecule has 0 aliphatic carbocycles. The van der Waals surface area contributed by atoms with Crippen LogP contribution in [-0.2, 0) is 0 Å². The lowest BCUT2D eigenvalue weighted by Gasteiger charge is -1.97. The summed E-state index contributed by atoms with van der Waals surface area (Å²) in [6.45, 7) is 0. The molecule has 0 saturated carbocycles. The van der Waals surface area contributed by atoms with Crippen LogP contribution in [0.3, 0.4) is 0 Å². The van der Waals surface area contributed by atoms with E-state index in [-0.39, 0.29) is 21.6 Å². The van der Waals surface area contributed by atoms with Crippen molar-refractivity contribution in [1.29, 1.82) is 0 Å². The van der Waals surface area contributed by atoms with Crippen LogP contribution in [0.25, 0.3) is 11.0 Å². The minimum atomic E-state index is -0.597. The van der Waals surface area contributed by atoms with E-state index in [4.69, 9.17) is 10.8 Å². The average Bonchev–Trinajstić information content (AvgIpc) is 2.44. The van der Waals surface area contributed by atoms with Crippen LogP contribution in [0.1, 0.15) is 0 Å². The molecule has 0 amide bonds. The molecule has 2 aromatic rings. The van der Waals surface area contributed by atoms with Crippen LogP contribution in [0.5, 0.6) is 11.5 Å². The van der Waals surface area contributed by atoms with Gasteiger partial charge in [0.15, 0.2) is 5.75 Å². The van der Waals surface area contributed by atoms with Crippen LogP contribution in [0.2, 0.25) is 0 Å². The first-order valence-electron chi connectivity index (χ1n) is 3.31. The first kappa shape index (κ1) is 7.47. The Labute approximate surface area is 71.1 Å². The number of benzene rings is 1. The zero-order chi connectivity index (χ0) is 9.59. The Balaban J connectivity index is 3.00. The molecule has 0 saturated heterocycles. The van der Waals surface area contributed by atoms with Crippen LogP contribution in [-0.4, -0.2) is 15.4 Å². The summed E-state index contributed by atoms with van der Waals surface area (Å²) in [4.78, 5) is -0.0270. The summed E-state index contributed by atoms with van der Waals surface area (Å²) in [5, 5.41) is 32.5. The lowest BCUT2D eigenvalue weighted by atomic mass is 10.2. The second-order valence-corrected chi connectivity index (χ2v) is 2.46. The molecule has 7 heteroatoms. The number of rotatable bonds is 0. The van der Waals surface area contributed by atoms with Crippen molar-refractivity contribution in [3.8, 4) is 11.5 Å². The first-order chi connectivity index (χ1) is 6.11. The van der Waals surface area contributed by atoms with E-state index in [1.54, 1.807) is 0 Å². The van der Waals surface area contributed by atoms with Gasteiger partial charge < -0.3 is 21.2 Å². The maximum absolute atomic E-state index is 10.9. The molecule has 1 heterocycles. The fourth-order valence-corrected chi connectivity index (χ4v) is 1.04. The monoisotopic (exact) mass is 183 g/mol. The van der Waals surface area contributed by atoms with Gasteiger partial charge in [0.2, 0.25) is 5.75 Å². The lowest BCUT2D eigenvalue weighted by molar-refractivity contribution is -0.782. The smallest absolute Gasteiger partial charge is 0.275 e. The first-order valence-corrected chi connectivity index (χ1v) is 3.31. The van der Waals surface area contributed by atoms with E-state index < -0.39 is 11.5 Å². The highest BCUT2D eigenvalue weighted by Gasteiger charge is 2.20. The topological polar surface area (TPSA) is 119 Å². The maximum atomic E-state index is 10.9. The molecular weight excluding hydrogens is 178 g/mol. The van der Waals surface area contributed by atoms with E-state index in [0.717, 1.165) is 6.07 Å². The third-order valence-electron chi connectivity index (χ3n) is 1.65. The van der Waals surface area contributed by atoms with Crippen molar-refractivity contribution in [3.63, 3.8) is 0 Å². The lowest BCUT2D eigenvalue weighted by Crippen LogP contribution is -2.22. The number of hydrogen-bond acceptors (Lipinski definition) is 6. The number of fused-ring (bicyclic) bond motifs is 1. The molecule has 0 radical (unpaired) electrons. The highest BCUT2D eigenvalue weighted by atomic mass is 16.8. The van der Waals surface area contributed by atoms with Gasteiger partial charge in [0.1, 0.15) is 0 Å². The Hall–Kier alpha value is -2.18. The Kier molecular flexibility index (Phi) is 1.24. The van der Waals surface area contributed by atoms with Gasteiger partial charge in [0, 0.05) is 11.2 Å². The molecular formula is C6H5N3O4. The Morgan fingerprint density at radius 1 is 1.54 bits per heavy atom. The number of aromatic hydroxyl groups is 2. The second-order valence-electron chi connectivity index (χ2n) is 2.46. The van der Waals surface area contributed by atoms with Gasteiger partial charge in [-0.3, -0.25) is 4.63 Å². The normalized spacial score (nSPS) is 10.8. The van der Waals surface area contributed by atoms with Crippen LogP contribution >= 0.6 is 0 Å². The van der Waals surface area contributed by atoms with Gasteiger partial charge in [-0.05, 0) is 4.90 Å². The number of anilines is 1. The van der Waals surface area contributed by atoms with Crippen molar-refractivity contribution in [2.75, 3.05) is 5.73 Å². The van der Waals surface area contributed by atoms with Gasteiger partial charge in [-0.2, -0.15) is 0 Å². The van der Waals surface area contributed by atoms with E-state index in [2.05, 4.69) is 9.79 Å². The van der Waals surface area contributed by atoms with Gasteiger partial charge in [0.25, 0.3) is 11.0 Å². The number of phenols is 2. The molecule has 0 bridgehead atoms. The van der Waals surface area contributed by atoms with Crippen LogP contribution in [0.4, 0.5) is 5.69 Å². The quantitative estimate of drug-likeness (QED) is 0.218. The SMILES string of the molecule is Nc1cc(O)c(O)c2c1no[n+]2[O-]. The maximum Gasteiger partial charge on any atom is 0.275 e. The van der Waals surface area contributed by atoms with Crippen molar-refractivity contribution in [2.45, 2.75) is 0 Å². The van der Waals surface area contributed by atoms with Gasteiger partial charge >= 0.3 is 0 Å². The summed E-state index contributed by atoms with van der Waals surface area (Å²) >= 11 is 0. The Morgan fingerprint density at radius 3 is 2.92 bits per heavy atom. The van der Waals surface area contributed by atoms with E-state index >= 15 is 0 Å². The number of nitrogens with zero attached hydrogens (tertiary/aromatic N) is 2. The molecule has 2 rings (SSSR count). The standard InChI is InChI=1S/C6H5N3O4/c7-2-1-3(10)6(11)5-4(2)8-13-9(5)12/h1,10-11H,7H2. The van der Waals surface area contributed by atoms with Gasteiger partial charge in [-0.1, -0.05) is 0 Å². The number of phenolic OH excluding ortho intramolecular Hbond substituents is 2. The van der Waals surface area contributed by atoms with E-state index in [9.17, 15) is 10.3 Å². The van der Waals surface area contributed by atoms with Crippen molar-refractivity contribution in [2.24, 2.45) is 0 Å². The summed E-state index contributed by atoms with van der Waals surface area (Å²) in [6.07, 6.45) is 0. The van der Waals surface area contributed by atoms with Gasteiger partial charge in [-0.25, -0.2) is 0 Å². The van der Waals surface area contributed by atoms with Crippen LogP contribution in [0.15, 0.2) is 10.7 Å². The van der Waals surface area contributed by atoms with Crippen LogP contribution < -0.4 is 10.6 Å². The fourth-order valence-electron chi connectivity index (χ4n) is 1.04. The molecule has 0 aliphatic heterocycles. The van der Waals surface area contributed by atoms with Gasteiger partial charge in [-0.15, -0.1) is 0 Å². The summed E-state index contributed by atoms with van der Waals surface area (Å²) in [5.41, 5.74) is 5.19. The molecule has 0 fully saturated rings. The molecule has 0 unspecified atom stereocenters. The molecule has 4 N–H and O–H groups in total. The summed E-state index contributed by atoms with van der Waals surface area (Å²) in [7, 11) is 0. The molecule has 1 aromatic heterocycles. The van der Waals surface area contributed by atoms with Crippen molar-refractivity contribution >= 4 is 16.7 Å². The van der Waals surface area contributed by atoms with Crippen molar-refractivity contribution in [3.05, 3.63) is 11.3 Å². The third-order valence-corrected chi connectivity index (χ3v) is 1.65. The van der Waals surface area contributed by atoms with Crippen molar-refractivity contribution in [1.82, 2.24) is 5.16 Å². The number of nitrogen functional groups attached to an aromatic ring is 1. The zero-order valence-corrected chi connectivity index (χ0v) is 6.26. The van der Waals surface area contributed by atoms with E-state index in [0.29, 0.717) is 0 Å². The molecule has 0 spiro atoms. The largest absolute Gasteiger partial charge is 0.504 e. The van der Waals surface area contributed by atoms with E-state index in [1.165, 1.54) is 0 Å². The van der Waals surface area contributed by atoms with E-state index in [1.807, 2.05) is 0 Å². The summed E-state index contributed by atoms with van der Waals surface area (Å²) in [5.74, 6) is -1.08. The van der Waals surface area contributed by atoms with Crippen molar-refractivity contribution < 1.29 is 19.7 Å². The van der Waals surface area contributed by atoms with Crippen LogP contribution in [0, 0.1) is 5.21 Å². The minimum Gasteiger partial charge on any atom is -0.504 e. The predicted molar refractivity (Wildman–Crippen MR) is 40.7 cm³/mol. The third kappa shape index (κ3) is 0.835. The zero-order valence-electron chi connectivity index (χ0n) is 6.26. The minimum absolute atomic E-state index is 0.0188. The Morgan fingerprint density at radius 2 is 2.23 bits per heavy atom.